The quantitative estimate of drug-likeness (QED) is 0.370. The van der Waals surface area contributed by atoms with Gasteiger partial charge in [0.05, 0.1) is 30.8 Å². The van der Waals surface area contributed by atoms with Crippen LogP contribution in [0.3, 0.4) is 0 Å². The third kappa shape index (κ3) is 4.31. The van der Waals surface area contributed by atoms with E-state index in [0.717, 1.165) is 28.1 Å². The predicted octanol–water partition coefficient (Wildman–Crippen LogP) is 4.71. The third-order valence-electron chi connectivity index (χ3n) is 5.47. The molecular weight excluding hydrogens is 433 g/mol. The largest absolute Gasteiger partial charge is 0.497 e. The molecule has 0 aliphatic rings. The van der Waals surface area contributed by atoms with E-state index in [1.165, 1.54) is 12.1 Å². The number of halogens is 1. The molecule has 0 atom stereocenters. The summed E-state index contributed by atoms with van der Waals surface area (Å²) in [6.45, 7) is 0.439. The summed E-state index contributed by atoms with van der Waals surface area (Å²) in [5, 5.41) is 12.8. The Labute approximate surface area is 195 Å². The molecule has 0 fully saturated rings. The molecule has 0 saturated carbocycles. The highest BCUT2D eigenvalue weighted by Crippen LogP contribution is 2.32. The zero-order valence-electron chi connectivity index (χ0n) is 18.4. The van der Waals surface area contributed by atoms with Crippen molar-refractivity contribution < 1.29 is 14.2 Å². The molecule has 7 nitrogen and oxygen atoms in total. The summed E-state index contributed by atoms with van der Waals surface area (Å²) >= 11 is 0. The number of nitrogens with one attached hydrogen (secondary N) is 1. The molecule has 0 radical (unpaired) electrons. The predicted molar refractivity (Wildman–Crippen MR) is 128 cm³/mol. The van der Waals surface area contributed by atoms with E-state index in [1.807, 2.05) is 53.1 Å². The Hall–Kier alpha value is -4.30. The van der Waals surface area contributed by atoms with Gasteiger partial charge in [0, 0.05) is 24.5 Å². The number of fused-ring (bicyclic) bond motifs is 1. The number of nitrogens with zero attached hydrogens (tertiary/aromatic N) is 4. The van der Waals surface area contributed by atoms with Crippen LogP contribution in [0, 0.1) is 5.82 Å². The molecule has 0 aliphatic carbocycles. The number of benzene rings is 2. The first kappa shape index (κ1) is 21.5. The lowest BCUT2D eigenvalue weighted by Gasteiger charge is -2.09. The second-order valence-corrected chi connectivity index (χ2v) is 7.71. The molecule has 5 rings (SSSR count). The van der Waals surface area contributed by atoms with Crippen LogP contribution >= 0.6 is 0 Å². The minimum absolute atomic E-state index is 0.0869. The van der Waals surface area contributed by atoms with Gasteiger partial charge in [-0.25, -0.2) is 19.3 Å². The van der Waals surface area contributed by atoms with Gasteiger partial charge in [-0.1, -0.05) is 12.1 Å². The molecule has 0 amide bonds. The maximum Gasteiger partial charge on any atom is 0.223 e. The van der Waals surface area contributed by atoms with Crippen molar-refractivity contribution in [3.63, 3.8) is 0 Å². The summed E-state index contributed by atoms with van der Waals surface area (Å²) < 4.78 is 20.8. The number of pyridine rings is 1. The summed E-state index contributed by atoms with van der Waals surface area (Å²) in [5.41, 5.74) is 5.27. The van der Waals surface area contributed by atoms with E-state index in [2.05, 4.69) is 10.3 Å². The molecule has 34 heavy (non-hydrogen) atoms. The second kappa shape index (κ2) is 9.29. The first-order valence-corrected chi connectivity index (χ1v) is 10.7. The van der Waals surface area contributed by atoms with Crippen LogP contribution in [0.5, 0.6) is 5.75 Å². The molecule has 2 N–H and O–H groups in total. The number of hydrogen-bond donors (Lipinski definition) is 2. The van der Waals surface area contributed by atoms with Gasteiger partial charge in [-0.15, -0.1) is 0 Å². The summed E-state index contributed by atoms with van der Waals surface area (Å²) in [4.78, 5) is 13.9. The van der Waals surface area contributed by atoms with E-state index >= 15 is 0 Å². The Balaban J connectivity index is 1.55. The Morgan fingerprint density at radius 1 is 1.00 bits per heavy atom. The molecular formula is C26H22FN5O2. The zero-order valence-corrected chi connectivity index (χ0v) is 18.4. The summed E-state index contributed by atoms with van der Waals surface area (Å²) in [6.07, 6.45) is 3.54. The van der Waals surface area contributed by atoms with Crippen LogP contribution in [0.1, 0.15) is 11.1 Å². The zero-order chi connectivity index (χ0) is 23.5. The van der Waals surface area contributed by atoms with Gasteiger partial charge in [-0.3, -0.25) is 4.40 Å². The number of aromatic nitrogens is 4. The Morgan fingerprint density at radius 3 is 2.65 bits per heavy atom. The second-order valence-electron chi connectivity index (χ2n) is 7.71. The number of ether oxygens (including phenoxy) is 1. The van der Waals surface area contributed by atoms with Crippen LogP contribution in [-0.2, 0) is 13.2 Å². The number of anilines is 1. The molecule has 170 valence electrons. The van der Waals surface area contributed by atoms with Gasteiger partial charge in [-0.05, 0) is 65.7 Å². The van der Waals surface area contributed by atoms with Crippen molar-refractivity contribution in [2.24, 2.45) is 0 Å². The fraction of sp³-hybridized carbons (Fsp3) is 0.115. The van der Waals surface area contributed by atoms with E-state index in [4.69, 9.17) is 14.7 Å². The molecule has 3 aromatic heterocycles. The molecule has 2 aromatic carbocycles. The highest BCUT2D eigenvalue weighted by molar-refractivity contribution is 5.80. The lowest BCUT2D eigenvalue weighted by molar-refractivity contribution is 0.282. The molecule has 0 saturated heterocycles. The van der Waals surface area contributed by atoms with E-state index in [0.29, 0.717) is 29.5 Å². The van der Waals surface area contributed by atoms with Crippen molar-refractivity contribution in [3.05, 3.63) is 96.1 Å². The maximum atomic E-state index is 13.6. The smallest absolute Gasteiger partial charge is 0.223 e. The van der Waals surface area contributed by atoms with Crippen molar-refractivity contribution in [3.8, 4) is 28.4 Å². The molecule has 3 heterocycles. The van der Waals surface area contributed by atoms with Crippen molar-refractivity contribution in [2.75, 3.05) is 12.4 Å². The summed E-state index contributed by atoms with van der Waals surface area (Å²) in [5.74, 6) is 0.931. The minimum atomic E-state index is -0.317. The summed E-state index contributed by atoms with van der Waals surface area (Å²) in [6, 6.07) is 19.4. The number of aliphatic hydroxyl groups is 1. The van der Waals surface area contributed by atoms with Crippen molar-refractivity contribution in [1.29, 1.82) is 0 Å². The monoisotopic (exact) mass is 455 g/mol. The number of imidazole rings is 1. The van der Waals surface area contributed by atoms with Crippen molar-refractivity contribution in [1.82, 2.24) is 19.4 Å². The van der Waals surface area contributed by atoms with E-state index in [1.54, 1.807) is 25.4 Å². The first-order chi connectivity index (χ1) is 16.6. The van der Waals surface area contributed by atoms with Crippen LogP contribution < -0.4 is 10.1 Å². The Bertz CT molecular complexity index is 1450. The van der Waals surface area contributed by atoms with Crippen molar-refractivity contribution >= 4 is 11.6 Å². The van der Waals surface area contributed by atoms with Gasteiger partial charge < -0.3 is 15.2 Å². The van der Waals surface area contributed by atoms with E-state index < -0.39 is 0 Å². The number of aliphatic hydroxyl groups excluding tert-OH is 1. The molecule has 0 unspecified atom stereocenters. The van der Waals surface area contributed by atoms with Crippen molar-refractivity contribution in [2.45, 2.75) is 13.2 Å². The average Bonchev–Trinajstić information content (AvgIpc) is 3.27. The highest BCUT2D eigenvalue weighted by Gasteiger charge is 2.18. The topological polar surface area (TPSA) is 84.6 Å². The lowest BCUT2D eigenvalue weighted by Crippen LogP contribution is -2.04. The third-order valence-corrected chi connectivity index (χ3v) is 5.47. The lowest BCUT2D eigenvalue weighted by atomic mass is 10.1. The first-order valence-electron chi connectivity index (χ1n) is 10.7. The number of methoxy groups -OCH3 is 1. The van der Waals surface area contributed by atoms with E-state index in [9.17, 15) is 9.50 Å². The Morgan fingerprint density at radius 2 is 1.85 bits per heavy atom. The molecule has 0 aliphatic heterocycles. The fourth-order valence-corrected chi connectivity index (χ4v) is 3.78. The molecule has 5 aromatic rings. The van der Waals surface area contributed by atoms with Crippen LogP contribution in [0.25, 0.3) is 28.3 Å². The molecule has 0 bridgehead atoms. The van der Waals surface area contributed by atoms with Gasteiger partial charge in [0.15, 0.2) is 0 Å². The van der Waals surface area contributed by atoms with Gasteiger partial charge in [0.25, 0.3) is 0 Å². The molecule has 8 heteroatoms. The maximum absolute atomic E-state index is 13.6. The van der Waals surface area contributed by atoms with Crippen LogP contribution in [0.2, 0.25) is 0 Å². The minimum Gasteiger partial charge on any atom is -0.497 e. The van der Waals surface area contributed by atoms with Gasteiger partial charge in [0.2, 0.25) is 5.95 Å². The van der Waals surface area contributed by atoms with Crippen LogP contribution in [0.15, 0.2) is 79.1 Å². The fourth-order valence-electron chi connectivity index (χ4n) is 3.78. The van der Waals surface area contributed by atoms with Crippen LogP contribution in [0.4, 0.5) is 10.3 Å². The van der Waals surface area contributed by atoms with Crippen LogP contribution in [-0.4, -0.2) is 31.6 Å². The standard InChI is InChI=1S/C26H22FN5O2/c1-34-21-4-2-3-17(13-21)15-29-26-28-11-9-22(30-26)25-24(19-5-7-20(27)8-6-19)31-23-14-18(16-33)10-12-32(23)25/h2-14,33H,15-16H2,1H3,(H,28,29,30). The Kier molecular flexibility index (Phi) is 5.88. The summed E-state index contributed by atoms with van der Waals surface area (Å²) in [7, 11) is 1.64. The van der Waals surface area contributed by atoms with Gasteiger partial charge in [0.1, 0.15) is 17.2 Å². The highest BCUT2D eigenvalue weighted by atomic mass is 19.1. The van der Waals surface area contributed by atoms with E-state index in [-0.39, 0.29) is 12.4 Å². The normalized spacial score (nSPS) is 11.0. The number of rotatable bonds is 7. The average molecular weight is 455 g/mol. The SMILES string of the molecule is COc1cccc(CNc2nccc(-c3c(-c4ccc(F)cc4)nc4cc(CO)ccn34)n2)c1. The van der Waals surface area contributed by atoms with Gasteiger partial charge in [-0.2, -0.15) is 0 Å². The van der Waals surface area contributed by atoms with Gasteiger partial charge >= 0.3 is 0 Å². The molecule has 0 spiro atoms. The number of hydrogen-bond acceptors (Lipinski definition) is 6.